The summed E-state index contributed by atoms with van der Waals surface area (Å²) < 4.78 is 11.3. The normalized spacial score (nSPS) is 22.2. The summed E-state index contributed by atoms with van der Waals surface area (Å²) in [6.45, 7) is 1.78. The van der Waals surface area contributed by atoms with E-state index in [1.165, 1.54) is 0 Å². The summed E-state index contributed by atoms with van der Waals surface area (Å²) in [5, 5.41) is 1.76. The standard InChI is InChI=1S/C20H18O4/c1-10-8-14-13(9-15(10)21)16-17(18(14)22)20(24-3)12-7-5-4-6-11(12)19(16)23-2/h4-8,13-14H,9H2,1-3H3. The Morgan fingerprint density at radius 2 is 1.62 bits per heavy atom. The molecule has 0 heterocycles. The summed E-state index contributed by atoms with van der Waals surface area (Å²) in [4.78, 5) is 25.3. The van der Waals surface area contributed by atoms with Crippen LogP contribution in [-0.4, -0.2) is 25.8 Å². The van der Waals surface area contributed by atoms with Gasteiger partial charge in [-0.15, -0.1) is 0 Å². The van der Waals surface area contributed by atoms with Crippen LogP contribution in [0.1, 0.15) is 35.2 Å². The molecule has 0 N–H and O–H groups in total. The molecule has 0 fully saturated rings. The zero-order valence-electron chi connectivity index (χ0n) is 13.9. The van der Waals surface area contributed by atoms with Crippen molar-refractivity contribution in [1.29, 1.82) is 0 Å². The Hall–Kier alpha value is -2.62. The molecule has 0 saturated carbocycles. The quantitative estimate of drug-likeness (QED) is 0.846. The Kier molecular flexibility index (Phi) is 3.23. The van der Waals surface area contributed by atoms with Crippen LogP contribution in [-0.2, 0) is 4.79 Å². The average Bonchev–Trinajstić information content (AvgIpc) is 2.86. The minimum Gasteiger partial charge on any atom is -0.496 e. The number of allylic oxidation sites excluding steroid dienone is 2. The van der Waals surface area contributed by atoms with Crippen LogP contribution in [0.5, 0.6) is 11.5 Å². The van der Waals surface area contributed by atoms with Gasteiger partial charge in [0.2, 0.25) is 0 Å². The number of hydrogen-bond donors (Lipinski definition) is 0. The first-order valence-electron chi connectivity index (χ1n) is 8.00. The molecule has 2 atom stereocenters. The third-order valence-corrected chi connectivity index (χ3v) is 5.19. The Morgan fingerprint density at radius 1 is 1.00 bits per heavy atom. The van der Waals surface area contributed by atoms with Crippen molar-refractivity contribution in [2.75, 3.05) is 14.2 Å². The summed E-state index contributed by atoms with van der Waals surface area (Å²) in [5.74, 6) is 0.894. The molecule has 2 aromatic rings. The highest BCUT2D eigenvalue weighted by molar-refractivity contribution is 6.15. The van der Waals surface area contributed by atoms with Gasteiger partial charge in [-0.25, -0.2) is 0 Å². The van der Waals surface area contributed by atoms with E-state index in [9.17, 15) is 9.59 Å². The molecule has 4 nitrogen and oxygen atoms in total. The molecule has 2 unspecified atom stereocenters. The van der Waals surface area contributed by atoms with Crippen LogP contribution in [0.4, 0.5) is 0 Å². The maximum atomic E-state index is 13.1. The third-order valence-electron chi connectivity index (χ3n) is 5.19. The lowest BCUT2D eigenvalue weighted by atomic mass is 9.80. The summed E-state index contributed by atoms with van der Waals surface area (Å²) in [7, 11) is 3.19. The number of benzene rings is 2. The average molecular weight is 322 g/mol. The van der Waals surface area contributed by atoms with Gasteiger partial charge in [-0.3, -0.25) is 9.59 Å². The van der Waals surface area contributed by atoms with Crippen molar-refractivity contribution in [3.63, 3.8) is 0 Å². The molecule has 0 aromatic heterocycles. The molecule has 4 heteroatoms. The summed E-state index contributed by atoms with van der Waals surface area (Å²) in [6, 6.07) is 7.73. The highest BCUT2D eigenvalue weighted by Gasteiger charge is 2.46. The van der Waals surface area contributed by atoms with E-state index < -0.39 is 0 Å². The molecule has 0 aliphatic heterocycles. The first kappa shape index (κ1) is 14.9. The molecule has 2 aliphatic rings. The number of carbonyl (C=O) groups is 2. The van der Waals surface area contributed by atoms with E-state index in [0.717, 1.165) is 16.3 Å². The number of ketones is 2. The molecule has 2 aliphatic carbocycles. The van der Waals surface area contributed by atoms with E-state index >= 15 is 0 Å². The third kappa shape index (κ3) is 1.80. The Balaban J connectivity index is 2.11. The van der Waals surface area contributed by atoms with Crippen molar-refractivity contribution in [1.82, 2.24) is 0 Å². The topological polar surface area (TPSA) is 52.6 Å². The minimum absolute atomic E-state index is 0.0164. The van der Waals surface area contributed by atoms with Gasteiger partial charge >= 0.3 is 0 Å². The fourth-order valence-electron chi connectivity index (χ4n) is 4.10. The molecule has 24 heavy (non-hydrogen) atoms. The van der Waals surface area contributed by atoms with Crippen molar-refractivity contribution >= 4 is 22.3 Å². The number of rotatable bonds is 2. The second-order valence-electron chi connectivity index (χ2n) is 6.37. The Morgan fingerprint density at radius 3 is 2.25 bits per heavy atom. The molecular formula is C20H18O4. The summed E-state index contributed by atoms with van der Waals surface area (Å²) in [6.07, 6.45) is 2.14. The van der Waals surface area contributed by atoms with Crippen molar-refractivity contribution in [2.45, 2.75) is 19.3 Å². The molecule has 2 aromatic carbocycles. The van der Waals surface area contributed by atoms with E-state index in [0.29, 0.717) is 29.1 Å². The molecule has 0 saturated heterocycles. The number of hydrogen-bond acceptors (Lipinski definition) is 4. The van der Waals surface area contributed by atoms with Gasteiger partial charge < -0.3 is 9.47 Å². The highest BCUT2D eigenvalue weighted by atomic mass is 16.5. The second kappa shape index (κ2) is 5.20. The highest BCUT2D eigenvalue weighted by Crippen LogP contribution is 2.54. The van der Waals surface area contributed by atoms with E-state index in [1.54, 1.807) is 21.1 Å². The van der Waals surface area contributed by atoms with Gasteiger partial charge in [-0.1, -0.05) is 30.3 Å². The fourth-order valence-corrected chi connectivity index (χ4v) is 4.10. The van der Waals surface area contributed by atoms with Crippen LogP contribution in [0.3, 0.4) is 0 Å². The van der Waals surface area contributed by atoms with Crippen molar-refractivity contribution in [2.24, 2.45) is 5.92 Å². The molecule has 122 valence electrons. The van der Waals surface area contributed by atoms with Gasteiger partial charge in [0.05, 0.1) is 19.8 Å². The number of carbonyl (C=O) groups excluding carboxylic acids is 2. The second-order valence-corrected chi connectivity index (χ2v) is 6.37. The smallest absolute Gasteiger partial charge is 0.174 e. The van der Waals surface area contributed by atoms with Crippen LogP contribution in [0.2, 0.25) is 0 Å². The Labute approximate surface area is 140 Å². The first-order valence-corrected chi connectivity index (χ1v) is 8.00. The Bertz CT molecular complexity index is 923. The monoisotopic (exact) mass is 322 g/mol. The summed E-state index contributed by atoms with van der Waals surface area (Å²) in [5.41, 5.74) is 2.06. The predicted octanol–water partition coefficient (Wildman–Crippen LogP) is 3.67. The van der Waals surface area contributed by atoms with Gasteiger partial charge in [-0.2, -0.15) is 0 Å². The maximum absolute atomic E-state index is 13.1. The lowest BCUT2D eigenvalue weighted by Crippen LogP contribution is -2.21. The van der Waals surface area contributed by atoms with Gasteiger partial charge in [0.25, 0.3) is 0 Å². The zero-order chi connectivity index (χ0) is 17.0. The van der Waals surface area contributed by atoms with Crippen LogP contribution < -0.4 is 9.47 Å². The van der Waals surface area contributed by atoms with E-state index in [-0.39, 0.29) is 23.4 Å². The lowest BCUT2D eigenvalue weighted by molar-refractivity contribution is -0.116. The molecule has 0 bridgehead atoms. The van der Waals surface area contributed by atoms with Gasteiger partial charge in [0.15, 0.2) is 11.6 Å². The van der Waals surface area contributed by atoms with E-state index in [1.807, 2.05) is 30.3 Å². The molecule has 0 radical (unpaired) electrons. The number of methoxy groups -OCH3 is 2. The number of ether oxygens (including phenoxy) is 2. The van der Waals surface area contributed by atoms with Gasteiger partial charge in [0, 0.05) is 34.6 Å². The van der Waals surface area contributed by atoms with Crippen molar-refractivity contribution in [3.05, 3.63) is 47.0 Å². The first-order chi connectivity index (χ1) is 11.6. The minimum atomic E-state index is -0.308. The molecule has 0 amide bonds. The van der Waals surface area contributed by atoms with E-state index in [2.05, 4.69) is 0 Å². The van der Waals surface area contributed by atoms with Gasteiger partial charge in [-0.05, 0) is 12.5 Å². The zero-order valence-corrected chi connectivity index (χ0v) is 13.9. The van der Waals surface area contributed by atoms with Crippen molar-refractivity contribution in [3.8, 4) is 11.5 Å². The predicted molar refractivity (Wildman–Crippen MR) is 91.0 cm³/mol. The lowest BCUT2D eigenvalue weighted by Gasteiger charge is -2.23. The van der Waals surface area contributed by atoms with Crippen LogP contribution in [0.15, 0.2) is 35.9 Å². The molecular weight excluding hydrogens is 304 g/mol. The number of fused-ring (bicyclic) bond motifs is 4. The maximum Gasteiger partial charge on any atom is 0.174 e. The van der Waals surface area contributed by atoms with Crippen LogP contribution >= 0.6 is 0 Å². The molecule has 4 rings (SSSR count). The van der Waals surface area contributed by atoms with E-state index in [4.69, 9.17) is 9.47 Å². The van der Waals surface area contributed by atoms with Crippen LogP contribution in [0.25, 0.3) is 10.8 Å². The fraction of sp³-hybridized carbons (Fsp3) is 0.300. The summed E-state index contributed by atoms with van der Waals surface area (Å²) >= 11 is 0. The van der Waals surface area contributed by atoms with Crippen molar-refractivity contribution < 1.29 is 19.1 Å². The number of Topliss-reactive ketones (excluding diaryl/α,β-unsaturated/α-hetero) is 2. The largest absolute Gasteiger partial charge is 0.496 e. The molecule has 0 spiro atoms. The SMILES string of the molecule is COc1c2c(c(OC)c3ccccc13)C1CC(=O)C(C)=CC1C2=O. The van der Waals surface area contributed by atoms with Gasteiger partial charge in [0.1, 0.15) is 11.5 Å². The van der Waals surface area contributed by atoms with Crippen LogP contribution in [0, 0.1) is 5.92 Å².